The zero-order valence-electron chi connectivity index (χ0n) is 18.1. The summed E-state index contributed by atoms with van der Waals surface area (Å²) in [7, 11) is 0. The summed E-state index contributed by atoms with van der Waals surface area (Å²) in [5.41, 5.74) is 3.63. The molecule has 1 aliphatic carbocycles. The molecule has 0 atom stereocenters. The molecular formula is C26H23N5OS. The first-order chi connectivity index (χ1) is 16.3. The van der Waals surface area contributed by atoms with E-state index < -0.39 is 0 Å². The van der Waals surface area contributed by atoms with Gasteiger partial charge in [-0.2, -0.15) is 5.26 Å². The Labute approximate surface area is 197 Å². The molecule has 164 valence electrons. The molecule has 0 unspecified atom stereocenters. The number of hydrogen-bond acceptors (Lipinski definition) is 6. The van der Waals surface area contributed by atoms with Crippen molar-refractivity contribution in [2.45, 2.75) is 42.7 Å². The van der Waals surface area contributed by atoms with E-state index in [-0.39, 0.29) is 0 Å². The minimum Gasteiger partial charge on any atom is -0.486 e. The summed E-state index contributed by atoms with van der Waals surface area (Å²) in [4.78, 5) is 4.28. The maximum Gasteiger partial charge on any atom is 0.196 e. The molecule has 0 N–H and O–H groups in total. The lowest BCUT2D eigenvalue weighted by Crippen LogP contribution is -2.08. The summed E-state index contributed by atoms with van der Waals surface area (Å²) in [5.74, 6) is 1.50. The largest absolute Gasteiger partial charge is 0.486 e. The van der Waals surface area contributed by atoms with Gasteiger partial charge in [0.25, 0.3) is 0 Å². The predicted octanol–water partition coefficient (Wildman–Crippen LogP) is 5.81. The van der Waals surface area contributed by atoms with E-state index in [1.807, 2.05) is 60.8 Å². The van der Waals surface area contributed by atoms with Crippen LogP contribution in [0.25, 0.3) is 16.8 Å². The number of nitriles is 1. The average molecular weight is 454 g/mol. The van der Waals surface area contributed by atoms with Gasteiger partial charge in [0.1, 0.15) is 12.4 Å². The highest BCUT2D eigenvalue weighted by molar-refractivity contribution is 7.99. The van der Waals surface area contributed by atoms with Crippen molar-refractivity contribution in [2.75, 3.05) is 0 Å². The van der Waals surface area contributed by atoms with Crippen molar-refractivity contribution in [1.29, 1.82) is 5.26 Å². The molecule has 33 heavy (non-hydrogen) atoms. The van der Waals surface area contributed by atoms with Crippen LogP contribution in [0.3, 0.4) is 0 Å². The Morgan fingerprint density at radius 3 is 2.61 bits per heavy atom. The molecule has 5 rings (SSSR count). The number of hydrogen-bond donors (Lipinski definition) is 0. The number of benzene rings is 2. The molecule has 0 bridgehead atoms. The highest BCUT2D eigenvalue weighted by atomic mass is 32.2. The van der Waals surface area contributed by atoms with Crippen LogP contribution < -0.4 is 4.74 Å². The lowest BCUT2D eigenvalue weighted by atomic mass is 10.0. The topological polar surface area (TPSA) is 76.6 Å². The fourth-order valence-corrected chi connectivity index (χ4v) is 5.30. The van der Waals surface area contributed by atoms with Gasteiger partial charge in [-0.15, -0.1) is 10.2 Å². The van der Waals surface area contributed by atoms with E-state index in [0.29, 0.717) is 17.4 Å². The molecule has 4 aromatic rings. The summed E-state index contributed by atoms with van der Waals surface area (Å²) in [6.45, 7) is 0.302. The van der Waals surface area contributed by atoms with Crippen LogP contribution in [-0.4, -0.2) is 25.0 Å². The number of pyridine rings is 1. The average Bonchev–Trinajstić information content (AvgIpc) is 3.54. The molecule has 7 heteroatoms. The first-order valence-electron chi connectivity index (χ1n) is 11.0. The molecule has 0 radical (unpaired) electrons. The molecular weight excluding hydrogens is 430 g/mol. The van der Waals surface area contributed by atoms with Crippen molar-refractivity contribution in [3.05, 3.63) is 84.4 Å². The number of aromatic nitrogens is 4. The van der Waals surface area contributed by atoms with Crippen LogP contribution in [0.1, 0.15) is 37.1 Å². The van der Waals surface area contributed by atoms with Crippen LogP contribution in [0.4, 0.5) is 0 Å². The highest BCUT2D eigenvalue weighted by Crippen LogP contribution is 2.35. The monoisotopic (exact) mass is 453 g/mol. The first kappa shape index (κ1) is 21.2. The van der Waals surface area contributed by atoms with Crippen LogP contribution in [0.15, 0.2) is 78.2 Å². The molecule has 1 aliphatic rings. The Bertz CT molecular complexity index is 1260. The van der Waals surface area contributed by atoms with E-state index >= 15 is 0 Å². The second kappa shape index (κ2) is 9.88. The SMILES string of the molecule is N#Cc1cccc(-c2ccc(OCc3nnc(SC4CCCC4)n3-c3cccnc3)cc2)c1. The molecule has 6 nitrogen and oxygen atoms in total. The van der Waals surface area contributed by atoms with E-state index in [4.69, 9.17) is 10.00 Å². The molecule has 0 aliphatic heterocycles. The molecule has 1 saturated carbocycles. The zero-order valence-corrected chi connectivity index (χ0v) is 18.9. The van der Waals surface area contributed by atoms with E-state index in [2.05, 4.69) is 25.8 Å². The molecule has 0 saturated heterocycles. The zero-order chi connectivity index (χ0) is 22.5. The molecule has 2 aromatic heterocycles. The predicted molar refractivity (Wildman–Crippen MR) is 128 cm³/mol. The number of thioether (sulfide) groups is 1. The molecule has 1 fully saturated rings. The number of nitrogens with zero attached hydrogens (tertiary/aromatic N) is 5. The van der Waals surface area contributed by atoms with Gasteiger partial charge < -0.3 is 4.74 Å². The van der Waals surface area contributed by atoms with Crippen molar-refractivity contribution < 1.29 is 4.74 Å². The maximum atomic E-state index is 9.13. The third-order valence-electron chi connectivity index (χ3n) is 5.73. The lowest BCUT2D eigenvalue weighted by Gasteiger charge is -2.13. The fourth-order valence-electron chi connectivity index (χ4n) is 4.03. The van der Waals surface area contributed by atoms with Crippen LogP contribution >= 0.6 is 11.8 Å². The third kappa shape index (κ3) is 4.91. The molecule has 0 amide bonds. The van der Waals surface area contributed by atoms with Gasteiger partial charge in [-0.25, -0.2) is 0 Å². The fraction of sp³-hybridized carbons (Fsp3) is 0.231. The van der Waals surface area contributed by atoms with E-state index in [1.54, 1.807) is 24.0 Å². The number of rotatable bonds is 7. The van der Waals surface area contributed by atoms with Gasteiger partial charge in [-0.3, -0.25) is 9.55 Å². The van der Waals surface area contributed by atoms with Crippen LogP contribution in [0.2, 0.25) is 0 Å². The molecule has 2 heterocycles. The minimum atomic E-state index is 0.302. The van der Waals surface area contributed by atoms with Crippen molar-refractivity contribution in [1.82, 2.24) is 19.7 Å². The van der Waals surface area contributed by atoms with Gasteiger partial charge in [0.15, 0.2) is 11.0 Å². The Balaban J connectivity index is 1.34. The Morgan fingerprint density at radius 1 is 1.00 bits per heavy atom. The third-order valence-corrected chi connectivity index (χ3v) is 7.01. The normalized spacial score (nSPS) is 13.7. The van der Waals surface area contributed by atoms with Crippen LogP contribution in [0, 0.1) is 11.3 Å². The van der Waals surface area contributed by atoms with Crippen LogP contribution in [0.5, 0.6) is 5.75 Å². The summed E-state index contributed by atoms with van der Waals surface area (Å²) in [6.07, 6.45) is 8.61. The van der Waals surface area contributed by atoms with Crippen LogP contribution in [-0.2, 0) is 6.61 Å². The standard InChI is InChI=1S/C26H23N5OS/c27-16-19-5-3-6-21(15-19)20-10-12-23(13-11-20)32-18-25-29-30-26(33-24-8-1-2-9-24)31(25)22-7-4-14-28-17-22/h3-7,10-15,17,24H,1-2,8-9,18H2. The quantitative estimate of drug-likeness (QED) is 0.351. The summed E-state index contributed by atoms with van der Waals surface area (Å²) >= 11 is 1.80. The second-order valence-electron chi connectivity index (χ2n) is 7.98. The Hall–Kier alpha value is -3.63. The Kier molecular flexibility index (Phi) is 6.36. The van der Waals surface area contributed by atoms with Gasteiger partial charge >= 0.3 is 0 Å². The summed E-state index contributed by atoms with van der Waals surface area (Å²) in [6, 6.07) is 21.6. The van der Waals surface area contributed by atoms with Gasteiger partial charge in [-0.05, 0) is 60.4 Å². The van der Waals surface area contributed by atoms with Gasteiger partial charge in [0.2, 0.25) is 0 Å². The van der Waals surface area contributed by atoms with E-state index in [9.17, 15) is 0 Å². The smallest absolute Gasteiger partial charge is 0.196 e. The molecule has 0 spiro atoms. The lowest BCUT2D eigenvalue weighted by molar-refractivity contribution is 0.293. The van der Waals surface area contributed by atoms with E-state index in [1.165, 1.54) is 25.7 Å². The first-order valence-corrected chi connectivity index (χ1v) is 11.9. The maximum absolute atomic E-state index is 9.13. The summed E-state index contributed by atoms with van der Waals surface area (Å²) < 4.78 is 8.12. The Morgan fingerprint density at radius 2 is 1.85 bits per heavy atom. The summed E-state index contributed by atoms with van der Waals surface area (Å²) in [5, 5.41) is 19.5. The van der Waals surface area contributed by atoms with Gasteiger partial charge in [-0.1, -0.05) is 48.9 Å². The van der Waals surface area contributed by atoms with Gasteiger partial charge in [0, 0.05) is 11.4 Å². The second-order valence-corrected chi connectivity index (χ2v) is 9.24. The van der Waals surface area contributed by atoms with Crippen molar-refractivity contribution in [3.63, 3.8) is 0 Å². The van der Waals surface area contributed by atoms with Crippen molar-refractivity contribution in [3.8, 4) is 28.6 Å². The van der Waals surface area contributed by atoms with Gasteiger partial charge in [0.05, 0.1) is 23.5 Å². The van der Waals surface area contributed by atoms with E-state index in [0.717, 1.165) is 33.5 Å². The highest BCUT2D eigenvalue weighted by Gasteiger charge is 2.22. The number of ether oxygens (including phenoxy) is 1. The minimum absolute atomic E-state index is 0.302. The van der Waals surface area contributed by atoms with Crippen molar-refractivity contribution in [2.24, 2.45) is 0 Å². The molecule has 2 aromatic carbocycles. The van der Waals surface area contributed by atoms with Crippen molar-refractivity contribution >= 4 is 11.8 Å².